The molecule has 0 fully saturated rings. The molecule has 6 heteroatoms. The van der Waals surface area contributed by atoms with Crippen molar-refractivity contribution in [2.24, 2.45) is 5.92 Å². The molecule has 3 rings (SSSR count). The summed E-state index contributed by atoms with van der Waals surface area (Å²) in [6, 6.07) is 14.0. The fourth-order valence-corrected chi connectivity index (χ4v) is 3.73. The van der Waals surface area contributed by atoms with Gasteiger partial charge in [-0.15, -0.1) is 0 Å². The van der Waals surface area contributed by atoms with Crippen LogP contribution in [0, 0.1) is 5.92 Å². The minimum atomic E-state index is -0.115. The predicted molar refractivity (Wildman–Crippen MR) is 116 cm³/mol. The molecule has 0 aliphatic carbocycles. The van der Waals surface area contributed by atoms with Gasteiger partial charge in [-0.2, -0.15) is 0 Å². The fraction of sp³-hybridized carbons (Fsp3) is 0.348. The Morgan fingerprint density at radius 3 is 2.55 bits per heavy atom. The number of aromatic amines is 1. The first kappa shape index (κ1) is 20.7. The van der Waals surface area contributed by atoms with Crippen molar-refractivity contribution >= 4 is 16.8 Å². The number of nitrogens with one attached hydrogen (secondary N) is 3. The Morgan fingerprint density at radius 1 is 1.03 bits per heavy atom. The quantitative estimate of drug-likeness (QED) is 0.520. The number of methoxy groups -OCH3 is 2. The molecule has 2 aromatic carbocycles. The zero-order valence-electron chi connectivity index (χ0n) is 17.4. The zero-order chi connectivity index (χ0) is 20.8. The number of amides is 1. The van der Waals surface area contributed by atoms with Crippen LogP contribution in [0.25, 0.3) is 10.9 Å². The molecule has 0 saturated carbocycles. The van der Waals surface area contributed by atoms with Gasteiger partial charge in [-0.05, 0) is 24.7 Å². The van der Waals surface area contributed by atoms with Gasteiger partial charge in [0, 0.05) is 47.6 Å². The van der Waals surface area contributed by atoms with Crippen LogP contribution in [0.3, 0.4) is 0 Å². The normalized spacial score (nSPS) is 13.1. The van der Waals surface area contributed by atoms with Crippen LogP contribution in [0.2, 0.25) is 0 Å². The van der Waals surface area contributed by atoms with E-state index in [1.165, 1.54) is 0 Å². The molecule has 0 aliphatic heterocycles. The second kappa shape index (κ2) is 9.47. The summed E-state index contributed by atoms with van der Waals surface area (Å²) in [5.74, 6) is 1.16. The van der Waals surface area contributed by atoms with E-state index in [0.717, 1.165) is 22.0 Å². The standard InChI is InChI=1S/C23H29N3O3/c1-15(12-24-2)23(27)26-14-19(17-9-7-11-21(28-3)22(17)29-4)18-13-25-20-10-6-5-8-16(18)20/h5-11,13,15,19,24-25H,12,14H2,1-4H3,(H,26,27). The maximum absolute atomic E-state index is 12.6. The number of ether oxygens (including phenoxy) is 2. The summed E-state index contributed by atoms with van der Waals surface area (Å²) in [6.07, 6.45) is 2.01. The number of para-hydroxylation sites is 2. The van der Waals surface area contributed by atoms with E-state index < -0.39 is 0 Å². The van der Waals surface area contributed by atoms with Crippen molar-refractivity contribution in [3.05, 3.63) is 59.8 Å². The van der Waals surface area contributed by atoms with Crippen LogP contribution in [0.5, 0.6) is 11.5 Å². The molecular formula is C23H29N3O3. The van der Waals surface area contributed by atoms with Gasteiger partial charge in [0.1, 0.15) is 0 Å². The highest BCUT2D eigenvalue weighted by Crippen LogP contribution is 2.40. The highest BCUT2D eigenvalue weighted by molar-refractivity contribution is 5.85. The lowest BCUT2D eigenvalue weighted by Crippen LogP contribution is -2.36. The first-order valence-electron chi connectivity index (χ1n) is 9.79. The van der Waals surface area contributed by atoms with Gasteiger partial charge in [0.2, 0.25) is 5.91 Å². The van der Waals surface area contributed by atoms with E-state index in [-0.39, 0.29) is 17.7 Å². The van der Waals surface area contributed by atoms with Gasteiger partial charge >= 0.3 is 0 Å². The number of hydrogen-bond acceptors (Lipinski definition) is 4. The lowest BCUT2D eigenvalue weighted by atomic mass is 9.89. The number of benzene rings is 2. The van der Waals surface area contributed by atoms with Crippen molar-refractivity contribution in [1.29, 1.82) is 0 Å². The summed E-state index contributed by atoms with van der Waals surface area (Å²) in [6.45, 7) is 3.00. The van der Waals surface area contributed by atoms with Gasteiger partial charge < -0.3 is 25.1 Å². The molecule has 1 amide bonds. The third kappa shape index (κ3) is 4.38. The van der Waals surface area contributed by atoms with Gasteiger partial charge in [-0.1, -0.05) is 37.3 Å². The predicted octanol–water partition coefficient (Wildman–Crippen LogP) is 3.29. The number of carbonyl (C=O) groups excluding carboxylic acids is 1. The van der Waals surface area contributed by atoms with Crippen LogP contribution >= 0.6 is 0 Å². The SMILES string of the molecule is CNCC(C)C(=O)NCC(c1cccc(OC)c1OC)c1c[nH]c2ccccc12. The number of aromatic nitrogens is 1. The molecule has 0 spiro atoms. The lowest BCUT2D eigenvalue weighted by Gasteiger charge is -2.22. The first-order chi connectivity index (χ1) is 14.1. The summed E-state index contributed by atoms with van der Waals surface area (Å²) in [5.41, 5.74) is 3.14. The molecule has 3 N–H and O–H groups in total. The zero-order valence-corrected chi connectivity index (χ0v) is 17.4. The number of rotatable bonds is 9. The van der Waals surface area contributed by atoms with E-state index in [1.54, 1.807) is 14.2 Å². The minimum absolute atomic E-state index is 0.0195. The van der Waals surface area contributed by atoms with Crippen molar-refractivity contribution in [2.45, 2.75) is 12.8 Å². The Labute approximate surface area is 171 Å². The maximum atomic E-state index is 12.6. The van der Waals surface area contributed by atoms with E-state index in [0.29, 0.717) is 24.6 Å². The average Bonchev–Trinajstić information content (AvgIpc) is 3.17. The molecule has 29 heavy (non-hydrogen) atoms. The van der Waals surface area contributed by atoms with Gasteiger partial charge in [-0.25, -0.2) is 0 Å². The Bertz CT molecular complexity index is 967. The van der Waals surface area contributed by atoms with Crippen LogP contribution in [0.4, 0.5) is 0 Å². The van der Waals surface area contributed by atoms with Crippen LogP contribution in [-0.4, -0.2) is 45.2 Å². The van der Waals surface area contributed by atoms with Crippen LogP contribution in [0.1, 0.15) is 24.0 Å². The van der Waals surface area contributed by atoms with Crippen LogP contribution in [-0.2, 0) is 4.79 Å². The lowest BCUT2D eigenvalue weighted by molar-refractivity contribution is -0.124. The Hall–Kier alpha value is -2.99. The Kier molecular flexibility index (Phi) is 6.77. The van der Waals surface area contributed by atoms with Gasteiger partial charge in [-0.3, -0.25) is 4.79 Å². The van der Waals surface area contributed by atoms with Crippen molar-refractivity contribution in [3.8, 4) is 11.5 Å². The monoisotopic (exact) mass is 395 g/mol. The molecule has 0 bridgehead atoms. The van der Waals surface area contributed by atoms with Crippen molar-refractivity contribution in [3.63, 3.8) is 0 Å². The molecule has 1 aromatic heterocycles. The fourth-order valence-electron chi connectivity index (χ4n) is 3.73. The number of carbonyl (C=O) groups is 1. The van der Waals surface area contributed by atoms with Crippen LogP contribution in [0.15, 0.2) is 48.7 Å². The molecule has 0 radical (unpaired) electrons. The van der Waals surface area contributed by atoms with Gasteiger partial charge in [0.25, 0.3) is 0 Å². The Balaban J connectivity index is 2.02. The molecule has 2 unspecified atom stereocenters. The molecule has 2 atom stereocenters. The van der Waals surface area contributed by atoms with E-state index in [2.05, 4.69) is 21.7 Å². The molecular weight excluding hydrogens is 366 g/mol. The summed E-state index contributed by atoms with van der Waals surface area (Å²) in [5, 5.41) is 7.29. The maximum Gasteiger partial charge on any atom is 0.224 e. The highest BCUT2D eigenvalue weighted by Gasteiger charge is 2.25. The van der Waals surface area contributed by atoms with E-state index in [9.17, 15) is 4.79 Å². The molecule has 154 valence electrons. The topological polar surface area (TPSA) is 75.4 Å². The van der Waals surface area contributed by atoms with E-state index >= 15 is 0 Å². The second-order valence-electron chi connectivity index (χ2n) is 7.13. The largest absolute Gasteiger partial charge is 0.493 e. The first-order valence-corrected chi connectivity index (χ1v) is 9.79. The van der Waals surface area contributed by atoms with Gasteiger partial charge in [0.15, 0.2) is 11.5 Å². The summed E-state index contributed by atoms with van der Waals surface area (Å²) in [4.78, 5) is 15.9. The summed E-state index contributed by atoms with van der Waals surface area (Å²) in [7, 11) is 5.12. The van der Waals surface area contributed by atoms with Crippen molar-refractivity contribution < 1.29 is 14.3 Å². The van der Waals surface area contributed by atoms with Crippen molar-refractivity contribution in [1.82, 2.24) is 15.6 Å². The van der Waals surface area contributed by atoms with E-state index in [4.69, 9.17) is 9.47 Å². The second-order valence-corrected chi connectivity index (χ2v) is 7.13. The number of H-pyrrole nitrogens is 1. The van der Waals surface area contributed by atoms with Gasteiger partial charge in [0.05, 0.1) is 14.2 Å². The third-order valence-electron chi connectivity index (χ3n) is 5.24. The summed E-state index contributed by atoms with van der Waals surface area (Å²) < 4.78 is 11.2. The molecule has 0 saturated heterocycles. The molecule has 1 heterocycles. The minimum Gasteiger partial charge on any atom is -0.493 e. The molecule has 0 aliphatic rings. The van der Waals surface area contributed by atoms with Crippen molar-refractivity contribution in [2.75, 3.05) is 34.4 Å². The Morgan fingerprint density at radius 2 is 1.83 bits per heavy atom. The molecule has 3 aromatic rings. The average molecular weight is 396 g/mol. The number of hydrogen-bond donors (Lipinski definition) is 3. The highest BCUT2D eigenvalue weighted by atomic mass is 16.5. The number of fused-ring (bicyclic) bond motifs is 1. The van der Waals surface area contributed by atoms with Crippen LogP contribution < -0.4 is 20.1 Å². The smallest absolute Gasteiger partial charge is 0.224 e. The molecule has 6 nitrogen and oxygen atoms in total. The van der Waals surface area contributed by atoms with E-state index in [1.807, 2.05) is 56.6 Å². The summed E-state index contributed by atoms with van der Waals surface area (Å²) >= 11 is 0. The third-order valence-corrected chi connectivity index (χ3v) is 5.24.